The molecule has 0 saturated heterocycles. The van der Waals surface area contributed by atoms with E-state index in [0.29, 0.717) is 5.69 Å². The Kier molecular flexibility index (Phi) is 3.62. The number of carbonyl (C=O) groups is 1. The number of hydrogen-bond donors (Lipinski definition) is 2. The van der Waals surface area contributed by atoms with Gasteiger partial charge in [0.05, 0.1) is 12.2 Å². The van der Waals surface area contributed by atoms with Crippen LogP contribution in [0.15, 0.2) is 18.2 Å². The lowest BCUT2D eigenvalue weighted by molar-refractivity contribution is 0.0762. The van der Waals surface area contributed by atoms with E-state index in [0.717, 1.165) is 6.07 Å². The van der Waals surface area contributed by atoms with Gasteiger partial charge >= 0.3 is 0 Å². The second-order valence-corrected chi connectivity index (χ2v) is 3.19. The first-order chi connectivity index (χ1) is 7.06. The molecule has 0 aliphatic heterocycles. The topological polar surface area (TPSA) is 66.6 Å². The van der Waals surface area contributed by atoms with Crippen molar-refractivity contribution in [1.82, 2.24) is 4.90 Å². The molecule has 3 N–H and O–H groups in total. The molecule has 82 valence electrons. The van der Waals surface area contributed by atoms with Crippen LogP contribution >= 0.6 is 0 Å². The first kappa shape index (κ1) is 11.5. The molecular formula is C10H13FN2O2. The van der Waals surface area contributed by atoms with Gasteiger partial charge in [0.2, 0.25) is 0 Å². The van der Waals surface area contributed by atoms with Crippen molar-refractivity contribution in [1.29, 1.82) is 0 Å². The van der Waals surface area contributed by atoms with E-state index < -0.39 is 11.7 Å². The number of carbonyl (C=O) groups excluding carboxylic acids is 1. The summed E-state index contributed by atoms with van der Waals surface area (Å²) in [6, 6.07) is 3.82. The largest absolute Gasteiger partial charge is 0.399 e. The summed E-state index contributed by atoms with van der Waals surface area (Å²) >= 11 is 0. The van der Waals surface area contributed by atoms with Crippen molar-refractivity contribution in [2.45, 2.75) is 0 Å². The number of nitrogens with two attached hydrogens (primary N) is 1. The van der Waals surface area contributed by atoms with Gasteiger partial charge in [-0.15, -0.1) is 0 Å². The Morgan fingerprint density at radius 2 is 2.27 bits per heavy atom. The summed E-state index contributed by atoms with van der Waals surface area (Å²) in [7, 11) is 1.49. The molecule has 0 aliphatic carbocycles. The summed E-state index contributed by atoms with van der Waals surface area (Å²) < 4.78 is 13.3. The summed E-state index contributed by atoms with van der Waals surface area (Å²) in [5, 5.41) is 8.64. The Labute approximate surface area is 87.1 Å². The molecule has 4 nitrogen and oxygen atoms in total. The fourth-order valence-electron chi connectivity index (χ4n) is 1.16. The van der Waals surface area contributed by atoms with E-state index in [1.54, 1.807) is 0 Å². The van der Waals surface area contributed by atoms with E-state index >= 15 is 0 Å². The second-order valence-electron chi connectivity index (χ2n) is 3.19. The molecule has 1 amide bonds. The number of aliphatic hydroxyl groups is 1. The molecule has 0 fully saturated rings. The van der Waals surface area contributed by atoms with Gasteiger partial charge < -0.3 is 15.7 Å². The molecular weight excluding hydrogens is 199 g/mol. The lowest BCUT2D eigenvalue weighted by Gasteiger charge is -2.16. The molecule has 0 radical (unpaired) electrons. The van der Waals surface area contributed by atoms with Gasteiger partial charge in [-0.1, -0.05) is 0 Å². The monoisotopic (exact) mass is 212 g/mol. The SMILES string of the molecule is CN(CCO)C(=O)c1cc(N)ccc1F. The van der Waals surface area contributed by atoms with Gasteiger partial charge in [-0.3, -0.25) is 4.79 Å². The van der Waals surface area contributed by atoms with E-state index in [2.05, 4.69) is 0 Å². The number of likely N-dealkylation sites (N-methyl/N-ethyl adjacent to an activating group) is 1. The summed E-state index contributed by atoms with van der Waals surface area (Å²) in [5.74, 6) is -1.10. The third kappa shape index (κ3) is 2.66. The maximum atomic E-state index is 13.3. The van der Waals surface area contributed by atoms with Gasteiger partial charge in [0.15, 0.2) is 0 Å². The first-order valence-corrected chi connectivity index (χ1v) is 4.47. The predicted octanol–water partition coefficient (Wildman–Crippen LogP) is 0.472. The van der Waals surface area contributed by atoms with E-state index in [4.69, 9.17) is 10.8 Å². The molecule has 0 bridgehead atoms. The summed E-state index contributed by atoms with van der Waals surface area (Å²) in [4.78, 5) is 12.9. The summed E-state index contributed by atoms with van der Waals surface area (Å²) in [5.41, 5.74) is 5.71. The molecule has 1 aromatic carbocycles. The fourth-order valence-corrected chi connectivity index (χ4v) is 1.16. The molecule has 0 spiro atoms. The molecule has 0 aliphatic rings. The highest BCUT2D eigenvalue weighted by atomic mass is 19.1. The van der Waals surface area contributed by atoms with Gasteiger partial charge in [0.25, 0.3) is 5.91 Å². The zero-order valence-electron chi connectivity index (χ0n) is 8.40. The average molecular weight is 212 g/mol. The molecule has 1 aromatic rings. The van der Waals surface area contributed by atoms with Crippen molar-refractivity contribution < 1.29 is 14.3 Å². The number of amides is 1. The van der Waals surface area contributed by atoms with Crippen LogP contribution in [0, 0.1) is 5.82 Å². The Morgan fingerprint density at radius 1 is 1.60 bits per heavy atom. The smallest absolute Gasteiger partial charge is 0.256 e. The van der Waals surface area contributed by atoms with Gasteiger partial charge in [0, 0.05) is 19.3 Å². The highest BCUT2D eigenvalue weighted by Gasteiger charge is 2.15. The molecule has 0 atom stereocenters. The Morgan fingerprint density at radius 3 is 2.87 bits per heavy atom. The summed E-state index contributed by atoms with van der Waals surface area (Å²) in [6.07, 6.45) is 0. The highest BCUT2D eigenvalue weighted by molar-refractivity contribution is 5.95. The number of nitrogens with zero attached hydrogens (tertiary/aromatic N) is 1. The van der Waals surface area contributed by atoms with Crippen LogP contribution in [-0.2, 0) is 0 Å². The zero-order valence-corrected chi connectivity index (χ0v) is 8.40. The third-order valence-electron chi connectivity index (χ3n) is 2.00. The maximum absolute atomic E-state index is 13.3. The average Bonchev–Trinajstić information content (AvgIpc) is 2.21. The molecule has 0 unspecified atom stereocenters. The van der Waals surface area contributed by atoms with Crippen LogP contribution in [0.5, 0.6) is 0 Å². The maximum Gasteiger partial charge on any atom is 0.256 e. The van der Waals surface area contributed by atoms with Crippen molar-refractivity contribution in [2.24, 2.45) is 0 Å². The lowest BCUT2D eigenvalue weighted by atomic mass is 10.1. The van der Waals surface area contributed by atoms with Crippen LogP contribution in [0.25, 0.3) is 0 Å². The van der Waals surface area contributed by atoms with Crippen molar-refractivity contribution in [3.63, 3.8) is 0 Å². The van der Waals surface area contributed by atoms with Gasteiger partial charge in [-0.2, -0.15) is 0 Å². The van der Waals surface area contributed by atoms with E-state index in [1.807, 2.05) is 0 Å². The van der Waals surface area contributed by atoms with Crippen LogP contribution in [0.2, 0.25) is 0 Å². The fraction of sp³-hybridized carbons (Fsp3) is 0.300. The number of halogens is 1. The Balaban J connectivity index is 2.95. The lowest BCUT2D eigenvalue weighted by Crippen LogP contribution is -2.30. The quantitative estimate of drug-likeness (QED) is 0.716. The minimum atomic E-state index is -0.612. The minimum Gasteiger partial charge on any atom is -0.399 e. The highest BCUT2D eigenvalue weighted by Crippen LogP contribution is 2.13. The summed E-state index contributed by atoms with van der Waals surface area (Å²) in [6.45, 7) is -0.000747. The van der Waals surface area contributed by atoms with Crippen molar-refractivity contribution in [3.8, 4) is 0 Å². The number of aliphatic hydroxyl groups excluding tert-OH is 1. The van der Waals surface area contributed by atoms with Gasteiger partial charge in [0.1, 0.15) is 5.82 Å². The minimum absolute atomic E-state index is 0.0778. The number of nitrogen functional groups attached to an aromatic ring is 1. The van der Waals surface area contributed by atoms with E-state index in [1.165, 1.54) is 24.1 Å². The molecule has 15 heavy (non-hydrogen) atoms. The standard InChI is InChI=1S/C10H13FN2O2/c1-13(4-5-14)10(15)8-6-7(12)2-3-9(8)11/h2-3,6,14H,4-5,12H2,1H3. The number of hydrogen-bond acceptors (Lipinski definition) is 3. The number of anilines is 1. The Bertz CT molecular complexity index is 368. The van der Waals surface area contributed by atoms with Crippen LogP contribution in [0.1, 0.15) is 10.4 Å². The predicted molar refractivity (Wildman–Crippen MR) is 54.9 cm³/mol. The second kappa shape index (κ2) is 4.75. The Hall–Kier alpha value is -1.62. The normalized spacial score (nSPS) is 10.1. The van der Waals surface area contributed by atoms with Crippen LogP contribution in [0.4, 0.5) is 10.1 Å². The van der Waals surface area contributed by atoms with Crippen LogP contribution < -0.4 is 5.73 Å². The molecule has 5 heteroatoms. The molecule has 0 saturated carbocycles. The third-order valence-corrected chi connectivity index (χ3v) is 2.00. The number of rotatable bonds is 3. The van der Waals surface area contributed by atoms with Gasteiger partial charge in [-0.25, -0.2) is 4.39 Å². The van der Waals surface area contributed by atoms with Crippen LogP contribution in [0.3, 0.4) is 0 Å². The van der Waals surface area contributed by atoms with E-state index in [9.17, 15) is 9.18 Å². The molecule has 1 rings (SSSR count). The van der Waals surface area contributed by atoms with E-state index in [-0.39, 0.29) is 18.7 Å². The van der Waals surface area contributed by atoms with Crippen molar-refractivity contribution in [2.75, 3.05) is 25.9 Å². The molecule has 0 heterocycles. The van der Waals surface area contributed by atoms with Crippen LogP contribution in [-0.4, -0.2) is 36.1 Å². The van der Waals surface area contributed by atoms with Gasteiger partial charge in [-0.05, 0) is 18.2 Å². The zero-order chi connectivity index (χ0) is 11.4. The first-order valence-electron chi connectivity index (χ1n) is 4.47. The van der Waals surface area contributed by atoms with Crippen molar-refractivity contribution in [3.05, 3.63) is 29.6 Å². The van der Waals surface area contributed by atoms with Crippen molar-refractivity contribution >= 4 is 11.6 Å². The molecule has 0 aromatic heterocycles. The number of benzene rings is 1.